The molecule has 1 atom stereocenters. The highest BCUT2D eigenvalue weighted by atomic mass is 35.5. The molecule has 9 heteroatoms. The van der Waals surface area contributed by atoms with Gasteiger partial charge >= 0.3 is 0 Å². The van der Waals surface area contributed by atoms with Crippen molar-refractivity contribution in [2.75, 3.05) is 19.8 Å². The van der Waals surface area contributed by atoms with Crippen molar-refractivity contribution in [3.63, 3.8) is 0 Å². The van der Waals surface area contributed by atoms with Crippen molar-refractivity contribution in [2.45, 2.75) is 17.9 Å². The second kappa shape index (κ2) is 6.20. The lowest BCUT2D eigenvalue weighted by Gasteiger charge is -2.34. The number of hydrogen-bond acceptors (Lipinski definition) is 5. The van der Waals surface area contributed by atoms with E-state index in [1.54, 1.807) is 36.9 Å². The number of benzene rings is 1. The summed E-state index contributed by atoms with van der Waals surface area (Å²) in [5.74, 6) is 0.540. The Morgan fingerprint density at radius 2 is 2.17 bits per heavy atom. The number of aromatic nitrogens is 3. The molecule has 1 aliphatic heterocycles. The summed E-state index contributed by atoms with van der Waals surface area (Å²) < 4.78 is 34.8. The molecular weight excluding hydrogens is 340 g/mol. The summed E-state index contributed by atoms with van der Waals surface area (Å²) in [7, 11) is -2.05. The number of ether oxygens (including phenoxy) is 1. The minimum absolute atomic E-state index is 0.135. The van der Waals surface area contributed by atoms with Gasteiger partial charge in [0.15, 0.2) is 0 Å². The molecule has 23 heavy (non-hydrogen) atoms. The first-order valence-electron chi connectivity index (χ1n) is 7.11. The van der Waals surface area contributed by atoms with Crippen molar-refractivity contribution in [3.05, 3.63) is 40.9 Å². The predicted molar refractivity (Wildman–Crippen MR) is 84.6 cm³/mol. The molecule has 2 aromatic rings. The van der Waals surface area contributed by atoms with E-state index in [1.165, 1.54) is 10.6 Å². The molecule has 0 aliphatic carbocycles. The van der Waals surface area contributed by atoms with Crippen LogP contribution >= 0.6 is 11.6 Å². The molecule has 3 rings (SSSR count). The lowest BCUT2D eigenvalue weighted by Crippen LogP contribution is -2.44. The lowest BCUT2D eigenvalue weighted by molar-refractivity contribution is 0.0277. The van der Waals surface area contributed by atoms with Crippen LogP contribution in [0.3, 0.4) is 0 Å². The lowest BCUT2D eigenvalue weighted by atomic mass is 10.2. The molecule has 2 heterocycles. The van der Waals surface area contributed by atoms with E-state index in [-0.39, 0.29) is 23.1 Å². The van der Waals surface area contributed by atoms with E-state index < -0.39 is 16.1 Å². The molecule has 7 nitrogen and oxygen atoms in total. The molecule has 0 radical (unpaired) electrons. The van der Waals surface area contributed by atoms with Gasteiger partial charge < -0.3 is 4.74 Å². The maximum absolute atomic E-state index is 13.2. The third-order valence-electron chi connectivity index (χ3n) is 3.85. The zero-order valence-corrected chi connectivity index (χ0v) is 14.4. The average molecular weight is 357 g/mol. The minimum atomic E-state index is -3.78. The summed E-state index contributed by atoms with van der Waals surface area (Å²) in [6.07, 6.45) is 1.40. The molecule has 0 spiro atoms. The summed E-state index contributed by atoms with van der Waals surface area (Å²) in [5.41, 5.74) is 0.612. The van der Waals surface area contributed by atoms with E-state index in [0.717, 1.165) is 0 Å². The molecule has 1 saturated heterocycles. The minimum Gasteiger partial charge on any atom is -0.378 e. The van der Waals surface area contributed by atoms with Crippen LogP contribution in [0.4, 0.5) is 0 Å². The van der Waals surface area contributed by atoms with Crippen LogP contribution in [0.1, 0.15) is 17.4 Å². The third kappa shape index (κ3) is 2.87. The first-order chi connectivity index (χ1) is 10.9. The Kier molecular flexibility index (Phi) is 4.41. The van der Waals surface area contributed by atoms with Gasteiger partial charge in [-0.1, -0.05) is 23.7 Å². The van der Waals surface area contributed by atoms with Gasteiger partial charge in [-0.2, -0.15) is 9.40 Å². The van der Waals surface area contributed by atoms with Gasteiger partial charge in [0.2, 0.25) is 10.0 Å². The summed E-state index contributed by atoms with van der Waals surface area (Å²) in [6.45, 7) is 2.54. The maximum atomic E-state index is 13.2. The Labute approximate surface area is 139 Å². The van der Waals surface area contributed by atoms with Gasteiger partial charge in [-0.05, 0) is 18.6 Å². The highest BCUT2D eigenvalue weighted by molar-refractivity contribution is 7.89. The SMILES string of the molecule is Cc1cccc(Cl)c1S(=O)(=O)N1CCOCC1c1ncnn1C. The monoisotopic (exact) mass is 356 g/mol. The normalized spacial score (nSPS) is 19.9. The van der Waals surface area contributed by atoms with E-state index in [4.69, 9.17) is 16.3 Å². The van der Waals surface area contributed by atoms with Gasteiger partial charge in [0.1, 0.15) is 23.1 Å². The molecule has 0 saturated carbocycles. The van der Waals surface area contributed by atoms with E-state index in [1.807, 2.05) is 0 Å². The number of halogens is 1. The number of morpholine rings is 1. The largest absolute Gasteiger partial charge is 0.378 e. The Hall–Kier alpha value is -1.48. The van der Waals surface area contributed by atoms with E-state index in [2.05, 4.69) is 10.1 Å². The Balaban J connectivity index is 2.08. The summed E-state index contributed by atoms with van der Waals surface area (Å²) in [5, 5.41) is 4.23. The van der Waals surface area contributed by atoms with Crippen LogP contribution in [-0.2, 0) is 21.8 Å². The summed E-state index contributed by atoms with van der Waals surface area (Å²) in [4.78, 5) is 4.31. The van der Waals surface area contributed by atoms with Crippen LogP contribution in [0.2, 0.25) is 5.02 Å². The van der Waals surface area contributed by atoms with Crippen molar-refractivity contribution >= 4 is 21.6 Å². The Bertz CT molecular complexity index is 801. The van der Waals surface area contributed by atoms with Crippen LogP contribution in [0.25, 0.3) is 0 Å². The van der Waals surface area contributed by atoms with Crippen LogP contribution in [0.15, 0.2) is 29.4 Å². The second-order valence-corrected chi connectivity index (χ2v) is 7.57. The molecule has 1 fully saturated rings. The molecule has 124 valence electrons. The smallest absolute Gasteiger partial charge is 0.245 e. The van der Waals surface area contributed by atoms with E-state index in [0.29, 0.717) is 18.0 Å². The highest BCUT2D eigenvalue weighted by Gasteiger charge is 2.38. The highest BCUT2D eigenvalue weighted by Crippen LogP contribution is 2.33. The predicted octanol–water partition coefficient (Wildman–Crippen LogP) is 1.54. The Morgan fingerprint density at radius 1 is 1.39 bits per heavy atom. The van der Waals surface area contributed by atoms with E-state index >= 15 is 0 Å². The van der Waals surface area contributed by atoms with E-state index in [9.17, 15) is 8.42 Å². The van der Waals surface area contributed by atoms with Crippen molar-refractivity contribution in [3.8, 4) is 0 Å². The summed E-state index contributed by atoms with van der Waals surface area (Å²) >= 11 is 6.17. The number of nitrogens with zero attached hydrogens (tertiary/aromatic N) is 4. The van der Waals surface area contributed by atoms with Crippen molar-refractivity contribution in [1.82, 2.24) is 19.1 Å². The van der Waals surface area contributed by atoms with Gasteiger partial charge in [-0.3, -0.25) is 4.68 Å². The van der Waals surface area contributed by atoms with Crippen molar-refractivity contribution < 1.29 is 13.2 Å². The topological polar surface area (TPSA) is 77.3 Å². The van der Waals surface area contributed by atoms with Crippen LogP contribution in [-0.4, -0.2) is 47.2 Å². The van der Waals surface area contributed by atoms with Gasteiger partial charge in [0, 0.05) is 13.6 Å². The number of rotatable bonds is 3. The molecule has 0 amide bonds. The molecule has 1 unspecified atom stereocenters. The molecule has 1 aliphatic rings. The van der Waals surface area contributed by atoms with Gasteiger partial charge in [-0.25, -0.2) is 13.4 Å². The number of hydrogen-bond donors (Lipinski definition) is 0. The standard InChI is InChI=1S/C14H17ClN4O3S/c1-10-4-3-5-11(15)13(10)23(20,21)19-6-7-22-8-12(19)14-16-9-17-18(14)2/h3-5,9,12H,6-8H2,1-2H3. The molecule has 1 aromatic heterocycles. The van der Waals surface area contributed by atoms with Gasteiger partial charge in [0.25, 0.3) is 0 Å². The number of sulfonamides is 1. The zero-order valence-electron chi connectivity index (χ0n) is 12.8. The van der Waals surface area contributed by atoms with Crippen molar-refractivity contribution in [1.29, 1.82) is 0 Å². The second-order valence-electron chi connectivity index (χ2n) is 5.33. The fourth-order valence-electron chi connectivity index (χ4n) is 2.75. The first-order valence-corrected chi connectivity index (χ1v) is 8.93. The number of aryl methyl sites for hydroxylation is 2. The first kappa shape index (κ1) is 16.4. The average Bonchev–Trinajstić information content (AvgIpc) is 2.93. The molecule has 1 aromatic carbocycles. The Morgan fingerprint density at radius 3 is 2.83 bits per heavy atom. The zero-order chi connectivity index (χ0) is 16.6. The fraction of sp³-hybridized carbons (Fsp3) is 0.429. The van der Waals surface area contributed by atoms with Crippen molar-refractivity contribution in [2.24, 2.45) is 7.05 Å². The van der Waals surface area contributed by atoms with Crippen LogP contribution in [0.5, 0.6) is 0 Å². The molecule has 0 bridgehead atoms. The van der Waals surface area contributed by atoms with Gasteiger partial charge in [-0.15, -0.1) is 0 Å². The fourth-order valence-corrected chi connectivity index (χ4v) is 5.09. The quantitative estimate of drug-likeness (QED) is 0.833. The van der Waals surface area contributed by atoms with Gasteiger partial charge in [0.05, 0.1) is 18.2 Å². The third-order valence-corrected chi connectivity index (χ3v) is 6.39. The molecular formula is C14H17ClN4O3S. The van der Waals surface area contributed by atoms with Crippen LogP contribution < -0.4 is 0 Å². The maximum Gasteiger partial charge on any atom is 0.245 e. The van der Waals surface area contributed by atoms with Crippen LogP contribution in [0, 0.1) is 6.92 Å². The molecule has 0 N–H and O–H groups in total. The summed E-state index contributed by atoms with van der Waals surface area (Å²) in [6, 6.07) is 4.52.